The number of hydrogen-bond acceptors (Lipinski definition) is 3. The third kappa shape index (κ3) is 4.48. The zero-order chi connectivity index (χ0) is 14.3. The van der Waals surface area contributed by atoms with Crippen molar-refractivity contribution in [1.82, 2.24) is 4.90 Å². The Bertz CT molecular complexity index is 409. The molecule has 19 heavy (non-hydrogen) atoms. The fourth-order valence-electron chi connectivity index (χ4n) is 2.20. The second-order valence-electron chi connectivity index (χ2n) is 4.56. The van der Waals surface area contributed by atoms with Gasteiger partial charge in [0.25, 0.3) is 0 Å². The maximum atomic E-state index is 5.96. The second-order valence-corrected chi connectivity index (χ2v) is 5.04. The van der Waals surface area contributed by atoms with Crippen LogP contribution < -0.4 is 10.5 Å². The number of benzene rings is 1. The minimum absolute atomic E-state index is 0.0124. The predicted octanol–water partition coefficient (Wildman–Crippen LogP) is 3.14. The summed E-state index contributed by atoms with van der Waals surface area (Å²) in [6.07, 6.45) is 2.32. The molecule has 4 heteroatoms. The lowest BCUT2D eigenvalue weighted by Crippen LogP contribution is -2.37. The molecule has 0 aliphatic carbocycles. The van der Waals surface area contributed by atoms with Crippen LogP contribution in [0.25, 0.3) is 0 Å². The molecule has 1 rings (SSSR count). The number of ether oxygens (including phenoxy) is 1. The van der Waals surface area contributed by atoms with Crippen molar-refractivity contribution in [2.75, 3.05) is 20.2 Å². The van der Waals surface area contributed by atoms with Crippen LogP contribution in [0.4, 0.5) is 0 Å². The van der Waals surface area contributed by atoms with Crippen LogP contribution in [0.3, 0.4) is 0 Å². The summed E-state index contributed by atoms with van der Waals surface area (Å²) in [7, 11) is 1.67. The minimum Gasteiger partial charge on any atom is -0.497 e. The van der Waals surface area contributed by atoms with Gasteiger partial charge in [-0.2, -0.15) is 0 Å². The van der Waals surface area contributed by atoms with Crippen LogP contribution >= 0.6 is 12.2 Å². The smallest absolute Gasteiger partial charge is 0.119 e. The molecule has 0 saturated carbocycles. The van der Waals surface area contributed by atoms with Crippen molar-refractivity contribution in [2.24, 2.45) is 5.73 Å². The molecule has 1 unspecified atom stereocenters. The molecule has 1 aromatic rings. The maximum absolute atomic E-state index is 5.96. The zero-order valence-electron chi connectivity index (χ0n) is 12.1. The third-order valence-corrected chi connectivity index (χ3v) is 3.47. The summed E-state index contributed by atoms with van der Waals surface area (Å²) in [5.41, 5.74) is 7.06. The maximum Gasteiger partial charge on any atom is 0.119 e. The number of rotatable bonds is 8. The van der Waals surface area contributed by atoms with Gasteiger partial charge in [0.05, 0.1) is 18.1 Å². The summed E-state index contributed by atoms with van der Waals surface area (Å²) < 4.78 is 5.28. The molecule has 0 saturated heterocycles. The van der Waals surface area contributed by atoms with Crippen molar-refractivity contribution in [2.45, 2.75) is 32.7 Å². The number of hydrogen-bond donors (Lipinski definition) is 1. The molecule has 2 N–H and O–H groups in total. The fourth-order valence-corrected chi connectivity index (χ4v) is 2.48. The number of nitrogens with two attached hydrogens (primary N) is 1. The quantitative estimate of drug-likeness (QED) is 0.742. The molecule has 0 heterocycles. The molecule has 0 spiro atoms. The van der Waals surface area contributed by atoms with Crippen LogP contribution in [0, 0.1) is 0 Å². The summed E-state index contributed by atoms with van der Waals surface area (Å²) in [6.45, 7) is 6.27. The number of methoxy groups -OCH3 is 1. The standard InChI is InChI=1S/C15H24N2OS/c1-4-6-10-17(5-2)14(15(16)19)12-8-7-9-13(11-12)18-3/h7-9,11,14H,4-6,10H2,1-3H3,(H2,16,19). The highest BCUT2D eigenvalue weighted by molar-refractivity contribution is 7.80. The molecule has 1 aromatic carbocycles. The number of thiocarbonyl (C=S) groups is 1. The van der Waals surface area contributed by atoms with Gasteiger partial charge in [-0.05, 0) is 37.2 Å². The van der Waals surface area contributed by atoms with Crippen molar-refractivity contribution < 1.29 is 4.74 Å². The van der Waals surface area contributed by atoms with Crippen molar-refractivity contribution in [1.29, 1.82) is 0 Å². The van der Waals surface area contributed by atoms with Gasteiger partial charge in [-0.15, -0.1) is 0 Å². The molecule has 0 amide bonds. The zero-order valence-corrected chi connectivity index (χ0v) is 12.9. The lowest BCUT2D eigenvalue weighted by molar-refractivity contribution is 0.253. The van der Waals surface area contributed by atoms with Gasteiger partial charge in [-0.3, -0.25) is 4.90 Å². The van der Waals surface area contributed by atoms with E-state index in [0.717, 1.165) is 30.8 Å². The van der Waals surface area contributed by atoms with Crippen molar-refractivity contribution in [3.63, 3.8) is 0 Å². The molecule has 3 nitrogen and oxygen atoms in total. The third-order valence-electron chi connectivity index (χ3n) is 3.25. The first kappa shape index (κ1) is 15.9. The normalized spacial score (nSPS) is 12.4. The number of unbranched alkanes of at least 4 members (excludes halogenated alkanes) is 1. The van der Waals surface area contributed by atoms with Gasteiger partial charge < -0.3 is 10.5 Å². The number of nitrogens with zero attached hydrogens (tertiary/aromatic N) is 1. The van der Waals surface area contributed by atoms with E-state index in [1.165, 1.54) is 6.42 Å². The predicted molar refractivity (Wildman–Crippen MR) is 84.7 cm³/mol. The monoisotopic (exact) mass is 280 g/mol. The average molecular weight is 280 g/mol. The highest BCUT2D eigenvalue weighted by Gasteiger charge is 2.21. The molecule has 0 aromatic heterocycles. The minimum atomic E-state index is -0.0124. The lowest BCUT2D eigenvalue weighted by Gasteiger charge is -2.30. The highest BCUT2D eigenvalue weighted by Crippen LogP contribution is 2.25. The Morgan fingerprint density at radius 2 is 2.16 bits per heavy atom. The van der Waals surface area contributed by atoms with E-state index in [2.05, 4.69) is 24.8 Å². The average Bonchev–Trinajstić information content (AvgIpc) is 2.42. The molecule has 0 bridgehead atoms. The van der Waals surface area contributed by atoms with Crippen molar-refractivity contribution in [3.8, 4) is 5.75 Å². The molecule has 1 atom stereocenters. The summed E-state index contributed by atoms with van der Waals surface area (Å²) in [4.78, 5) is 2.84. The summed E-state index contributed by atoms with van der Waals surface area (Å²) >= 11 is 5.27. The lowest BCUT2D eigenvalue weighted by atomic mass is 10.0. The Morgan fingerprint density at radius 3 is 2.68 bits per heavy atom. The van der Waals surface area contributed by atoms with Crippen LogP contribution in [0.15, 0.2) is 24.3 Å². The van der Waals surface area contributed by atoms with E-state index in [1.807, 2.05) is 18.2 Å². The van der Waals surface area contributed by atoms with Crippen LogP contribution in [0.1, 0.15) is 38.3 Å². The van der Waals surface area contributed by atoms with Gasteiger partial charge >= 0.3 is 0 Å². The first-order chi connectivity index (χ1) is 9.13. The van der Waals surface area contributed by atoms with Gasteiger partial charge in [0.15, 0.2) is 0 Å². The van der Waals surface area contributed by atoms with E-state index in [9.17, 15) is 0 Å². The van der Waals surface area contributed by atoms with E-state index in [4.69, 9.17) is 22.7 Å². The van der Waals surface area contributed by atoms with E-state index >= 15 is 0 Å². The highest BCUT2D eigenvalue weighted by atomic mass is 32.1. The first-order valence-electron chi connectivity index (χ1n) is 6.81. The van der Waals surface area contributed by atoms with Crippen molar-refractivity contribution in [3.05, 3.63) is 29.8 Å². The van der Waals surface area contributed by atoms with Crippen LogP contribution in [0.5, 0.6) is 5.75 Å². The largest absolute Gasteiger partial charge is 0.497 e. The van der Waals surface area contributed by atoms with Gasteiger partial charge in [0, 0.05) is 0 Å². The van der Waals surface area contributed by atoms with Crippen LogP contribution in [-0.2, 0) is 0 Å². The molecule has 0 radical (unpaired) electrons. The Morgan fingerprint density at radius 1 is 1.42 bits per heavy atom. The van der Waals surface area contributed by atoms with E-state index in [1.54, 1.807) is 7.11 Å². The van der Waals surface area contributed by atoms with Crippen LogP contribution in [-0.4, -0.2) is 30.1 Å². The Balaban J connectivity index is 3.00. The Kier molecular flexibility index (Phi) is 6.81. The van der Waals surface area contributed by atoms with E-state index in [0.29, 0.717) is 4.99 Å². The molecule has 0 aliphatic rings. The molecule has 0 aliphatic heterocycles. The van der Waals surface area contributed by atoms with Gasteiger partial charge in [0.1, 0.15) is 5.75 Å². The SMILES string of the molecule is CCCCN(CC)C(C(N)=S)c1cccc(OC)c1. The van der Waals surface area contributed by atoms with Gasteiger partial charge in [-0.25, -0.2) is 0 Å². The molecule has 106 valence electrons. The first-order valence-corrected chi connectivity index (χ1v) is 7.22. The Labute approximate surface area is 121 Å². The summed E-state index contributed by atoms with van der Waals surface area (Å²) in [5.74, 6) is 0.838. The molecular weight excluding hydrogens is 256 g/mol. The van der Waals surface area contributed by atoms with E-state index < -0.39 is 0 Å². The van der Waals surface area contributed by atoms with Gasteiger partial charge in [0.2, 0.25) is 0 Å². The molecule has 0 fully saturated rings. The summed E-state index contributed by atoms with van der Waals surface area (Å²) in [6, 6.07) is 7.97. The van der Waals surface area contributed by atoms with Crippen LogP contribution in [0.2, 0.25) is 0 Å². The van der Waals surface area contributed by atoms with Crippen molar-refractivity contribution >= 4 is 17.2 Å². The Hall–Kier alpha value is -1.13. The second kappa shape index (κ2) is 8.12. The molecular formula is C15H24N2OS. The number of likely N-dealkylation sites (N-methyl/N-ethyl adjacent to an activating group) is 1. The summed E-state index contributed by atoms with van der Waals surface area (Å²) in [5, 5.41) is 0. The van der Waals surface area contributed by atoms with E-state index in [-0.39, 0.29) is 6.04 Å². The van der Waals surface area contributed by atoms with Gasteiger partial charge in [-0.1, -0.05) is 44.6 Å². The fraction of sp³-hybridized carbons (Fsp3) is 0.533. The topological polar surface area (TPSA) is 38.5 Å².